The van der Waals surface area contributed by atoms with Crippen LogP contribution in [-0.2, 0) is 23.9 Å². The van der Waals surface area contributed by atoms with Gasteiger partial charge in [0.25, 0.3) is 0 Å². The lowest BCUT2D eigenvalue weighted by Crippen LogP contribution is -2.51. The van der Waals surface area contributed by atoms with Crippen molar-refractivity contribution in [3.63, 3.8) is 0 Å². The van der Waals surface area contributed by atoms with Crippen LogP contribution in [0, 0.1) is 36.5 Å². The molecule has 2 fully saturated rings. The number of fused-ring (bicyclic) bond motifs is 1. The monoisotopic (exact) mass is 829 g/mol. The quantitative estimate of drug-likeness (QED) is 0.105. The number of esters is 1. The second-order valence-corrected chi connectivity index (χ2v) is 17.8. The van der Waals surface area contributed by atoms with Gasteiger partial charge in [0, 0.05) is 13.1 Å². The van der Waals surface area contributed by atoms with Crippen LogP contribution < -0.4 is 5.32 Å². The first kappa shape index (κ1) is 43.1. The van der Waals surface area contributed by atoms with Crippen molar-refractivity contribution in [2.45, 2.75) is 85.9 Å². The topological polar surface area (TPSA) is 163 Å². The predicted octanol–water partition coefficient (Wildman–Crippen LogP) is 8.63. The van der Waals surface area contributed by atoms with Gasteiger partial charge in [-0.3, -0.25) is 14.4 Å². The molecule has 0 unspecified atom stereocenters. The fraction of sp³-hybridized carbons (Fsp3) is 0.458. The van der Waals surface area contributed by atoms with E-state index in [-0.39, 0.29) is 54.0 Å². The molecule has 0 radical (unpaired) electrons. The van der Waals surface area contributed by atoms with Gasteiger partial charge in [-0.15, -0.1) is 0 Å². The maximum atomic E-state index is 13.8. The number of aryl methyl sites for hydroxylation is 1. The van der Waals surface area contributed by atoms with E-state index >= 15 is 0 Å². The highest BCUT2D eigenvalue weighted by molar-refractivity contribution is 5.88. The van der Waals surface area contributed by atoms with Gasteiger partial charge in [-0.25, -0.2) is 14.8 Å². The molecule has 322 valence electrons. The first-order valence-corrected chi connectivity index (χ1v) is 21.4. The third-order valence-electron chi connectivity index (χ3n) is 12.5. The smallest absolute Gasteiger partial charge is 0.407 e. The minimum atomic E-state index is -0.702. The third kappa shape index (κ3) is 9.06. The highest BCUT2D eigenvalue weighted by Crippen LogP contribution is 2.39. The van der Waals surface area contributed by atoms with Crippen LogP contribution in [0.15, 0.2) is 66.9 Å². The van der Waals surface area contributed by atoms with Crippen molar-refractivity contribution in [1.29, 1.82) is 0 Å². The average molecular weight is 830 g/mol. The Morgan fingerprint density at radius 1 is 0.754 bits per heavy atom. The molecule has 2 aliphatic rings. The molecule has 0 bridgehead atoms. The van der Waals surface area contributed by atoms with Gasteiger partial charge in [-0.2, -0.15) is 0 Å². The highest BCUT2D eigenvalue weighted by Gasteiger charge is 2.41. The summed E-state index contributed by atoms with van der Waals surface area (Å²) in [5.74, 6) is 0.969. The van der Waals surface area contributed by atoms with Crippen LogP contribution >= 0.6 is 0 Å². The van der Waals surface area contributed by atoms with Crippen LogP contribution in [0.1, 0.15) is 90.1 Å². The fourth-order valence-electron chi connectivity index (χ4n) is 9.05. The molecule has 13 nitrogen and oxygen atoms in total. The molecule has 5 aromatic rings. The molecule has 2 aromatic heterocycles. The molecule has 6 atom stereocenters. The molecular weight excluding hydrogens is 771 g/mol. The molecule has 4 heterocycles. The fourth-order valence-corrected chi connectivity index (χ4v) is 9.05. The molecular formula is C48H59N7O6. The number of carbonyl (C=O) groups is 4. The van der Waals surface area contributed by atoms with Gasteiger partial charge in [0.15, 0.2) is 0 Å². The second kappa shape index (κ2) is 17.9. The van der Waals surface area contributed by atoms with Crippen molar-refractivity contribution in [2.24, 2.45) is 29.6 Å². The standard InChI is InChI=1S/C48H59N7O6/c1-26(2)35(22-42(56)60-8)46(57)54-24-28(5)18-40(54)44-49-23-39(52-44)34-16-12-32(13-17-34)31-10-14-33(15-11-31)36-21-38-37(20-30(36)7)50-45(51-38)41-19-29(6)25-55(41)47(58)43(27(3)4)53-48(59)61-9/h10-17,20-21,23,26-29,35,40-41,43H,18-19,22,24-25H2,1-9H3,(H,49,52)(H,50,51)(H,53,59)/t28-,29-,35-,40-,41-,43-/m0/s1. The van der Waals surface area contributed by atoms with E-state index in [1.807, 2.05) is 43.7 Å². The number of carbonyl (C=O) groups excluding carboxylic acids is 4. The molecule has 7 rings (SSSR count). The number of alkyl carbamates (subject to hydrolysis) is 1. The zero-order valence-corrected chi connectivity index (χ0v) is 36.7. The Bertz CT molecular complexity index is 2380. The van der Waals surface area contributed by atoms with Crippen LogP contribution in [0.4, 0.5) is 4.79 Å². The Kier molecular flexibility index (Phi) is 12.7. The maximum Gasteiger partial charge on any atom is 0.407 e. The summed E-state index contributed by atoms with van der Waals surface area (Å²) in [7, 11) is 2.66. The Hall–Kier alpha value is -5.98. The number of methoxy groups -OCH3 is 2. The molecule has 3 aromatic carbocycles. The Labute approximate surface area is 358 Å². The van der Waals surface area contributed by atoms with Gasteiger partial charge in [0.05, 0.1) is 61.6 Å². The number of ether oxygens (including phenoxy) is 2. The van der Waals surface area contributed by atoms with E-state index in [9.17, 15) is 19.2 Å². The summed E-state index contributed by atoms with van der Waals surface area (Å²) in [6, 6.07) is 20.0. The number of likely N-dealkylation sites (tertiary alicyclic amines) is 2. The van der Waals surface area contributed by atoms with Gasteiger partial charge in [-0.05, 0) is 89.0 Å². The normalized spacial score (nSPS) is 20.0. The summed E-state index contributed by atoms with van der Waals surface area (Å²) in [5.41, 5.74) is 9.05. The van der Waals surface area contributed by atoms with Crippen LogP contribution in [0.25, 0.3) is 44.5 Å². The number of rotatable bonds is 12. The van der Waals surface area contributed by atoms with Crippen molar-refractivity contribution in [3.8, 4) is 33.5 Å². The zero-order valence-electron chi connectivity index (χ0n) is 36.7. The Morgan fingerprint density at radius 3 is 1.90 bits per heavy atom. The largest absolute Gasteiger partial charge is 0.469 e. The highest BCUT2D eigenvalue weighted by atomic mass is 16.5. The zero-order chi connectivity index (χ0) is 43.7. The van der Waals surface area contributed by atoms with Crippen molar-refractivity contribution in [3.05, 3.63) is 84.1 Å². The van der Waals surface area contributed by atoms with E-state index in [2.05, 4.69) is 96.7 Å². The Balaban J connectivity index is 1.05. The number of imidazole rings is 2. The molecule has 2 aliphatic heterocycles. The molecule has 0 saturated carbocycles. The minimum Gasteiger partial charge on any atom is -0.469 e. The first-order chi connectivity index (χ1) is 29.1. The number of hydrogen-bond acceptors (Lipinski definition) is 8. The number of hydrogen-bond donors (Lipinski definition) is 3. The van der Waals surface area contributed by atoms with Gasteiger partial charge in [0.2, 0.25) is 11.8 Å². The first-order valence-electron chi connectivity index (χ1n) is 21.4. The minimum absolute atomic E-state index is 0.00310. The summed E-state index contributed by atoms with van der Waals surface area (Å²) in [6.07, 6.45) is 2.84. The van der Waals surface area contributed by atoms with Crippen LogP contribution in [0.2, 0.25) is 0 Å². The predicted molar refractivity (Wildman–Crippen MR) is 235 cm³/mol. The van der Waals surface area contributed by atoms with E-state index in [4.69, 9.17) is 19.4 Å². The molecule has 0 spiro atoms. The summed E-state index contributed by atoms with van der Waals surface area (Å²) in [4.78, 5) is 72.4. The summed E-state index contributed by atoms with van der Waals surface area (Å²) in [6.45, 7) is 15.3. The van der Waals surface area contributed by atoms with Crippen LogP contribution in [0.5, 0.6) is 0 Å². The number of nitrogens with one attached hydrogen (secondary N) is 3. The van der Waals surface area contributed by atoms with Gasteiger partial charge in [-0.1, -0.05) is 90.1 Å². The second-order valence-electron chi connectivity index (χ2n) is 17.8. The molecule has 0 aliphatic carbocycles. The lowest BCUT2D eigenvalue weighted by molar-refractivity contribution is -0.148. The van der Waals surface area contributed by atoms with Crippen molar-refractivity contribution >= 4 is 34.9 Å². The lowest BCUT2D eigenvalue weighted by atomic mass is 9.91. The summed E-state index contributed by atoms with van der Waals surface area (Å²) in [5, 5.41) is 2.73. The van der Waals surface area contributed by atoms with Crippen LogP contribution in [-0.4, -0.2) is 87.0 Å². The van der Waals surface area contributed by atoms with E-state index in [0.29, 0.717) is 19.0 Å². The Morgan fingerprint density at radius 2 is 1.33 bits per heavy atom. The maximum absolute atomic E-state index is 13.8. The van der Waals surface area contributed by atoms with E-state index in [1.165, 1.54) is 14.2 Å². The molecule has 3 amide bonds. The van der Waals surface area contributed by atoms with Crippen molar-refractivity contribution in [2.75, 3.05) is 27.3 Å². The lowest BCUT2D eigenvalue weighted by Gasteiger charge is -2.30. The molecule has 13 heteroatoms. The molecule has 2 saturated heterocycles. The van der Waals surface area contributed by atoms with E-state index in [1.54, 1.807) is 0 Å². The number of H-pyrrole nitrogens is 2. The van der Waals surface area contributed by atoms with Gasteiger partial charge >= 0.3 is 12.1 Å². The third-order valence-corrected chi connectivity index (χ3v) is 12.5. The number of nitrogens with zero attached hydrogens (tertiary/aromatic N) is 4. The average Bonchev–Trinajstić information content (AvgIpc) is 4.06. The van der Waals surface area contributed by atoms with E-state index in [0.717, 1.165) is 74.6 Å². The summed E-state index contributed by atoms with van der Waals surface area (Å²) < 4.78 is 9.70. The number of amides is 3. The van der Waals surface area contributed by atoms with Crippen molar-refractivity contribution < 1.29 is 28.7 Å². The van der Waals surface area contributed by atoms with Gasteiger partial charge in [0.1, 0.15) is 17.7 Å². The number of benzene rings is 3. The number of aromatic amines is 2. The summed E-state index contributed by atoms with van der Waals surface area (Å²) >= 11 is 0. The number of aromatic nitrogens is 4. The SMILES string of the molecule is COC(=O)C[C@H](C(=O)N1C[C@@H](C)C[C@H]1c1ncc(-c2ccc(-c3ccc(-c4cc5nc([C@@H]6C[C@H](C)CN6C(=O)[C@@H](NC(=O)OC)C(C)C)[nH]c5cc4C)cc3)cc2)[nH]1)C(C)C. The van der Waals surface area contributed by atoms with E-state index < -0.39 is 18.1 Å². The molecule has 61 heavy (non-hydrogen) atoms. The van der Waals surface area contributed by atoms with Crippen LogP contribution in [0.3, 0.4) is 0 Å². The molecule has 3 N–H and O–H groups in total. The van der Waals surface area contributed by atoms with Gasteiger partial charge < -0.3 is 34.6 Å². The van der Waals surface area contributed by atoms with Crippen molar-refractivity contribution in [1.82, 2.24) is 35.1 Å².